The Hall–Kier alpha value is -6.65. The van der Waals surface area contributed by atoms with E-state index in [1.807, 2.05) is 36.4 Å². The Labute approximate surface area is 374 Å². The van der Waals surface area contributed by atoms with Crippen LogP contribution in [0.15, 0.2) is 85.2 Å². The average Bonchev–Trinajstić information content (AvgIpc) is 3.26. The second-order valence-corrected chi connectivity index (χ2v) is 16.5. The van der Waals surface area contributed by atoms with Crippen LogP contribution < -0.4 is 31.9 Å². The first-order chi connectivity index (χ1) is 30.4. The first kappa shape index (κ1) is 51.7. The number of nitrogens with zero attached hydrogens (tertiary/aromatic N) is 1. The summed E-state index contributed by atoms with van der Waals surface area (Å²) >= 11 is 0. The van der Waals surface area contributed by atoms with Crippen molar-refractivity contribution in [1.29, 1.82) is 0 Å². The number of carbonyl (C=O) groups excluding carboxylic acids is 6. The van der Waals surface area contributed by atoms with Gasteiger partial charge in [-0.3, -0.25) is 38.5 Å². The van der Waals surface area contributed by atoms with Crippen molar-refractivity contribution in [2.75, 3.05) is 0 Å². The van der Waals surface area contributed by atoms with E-state index in [2.05, 4.69) is 36.9 Å². The monoisotopic (exact) mass is 885 g/mol. The highest BCUT2D eigenvalue weighted by atomic mass is 16.4. The van der Waals surface area contributed by atoms with Gasteiger partial charge < -0.3 is 42.1 Å². The zero-order valence-corrected chi connectivity index (χ0v) is 37.5. The fourth-order valence-electron chi connectivity index (χ4n) is 7.15. The van der Waals surface area contributed by atoms with Crippen LogP contribution >= 0.6 is 0 Å². The Morgan fingerprint density at radius 1 is 0.562 bits per heavy atom. The lowest BCUT2D eigenvalue weighted by molar-refractivity contribution is -0.142. The van der Waals surface area contributed by atoms with E-state index >= 15 is 0 Å². The molecule has 2 aromatic carbocycles. The van der Waals surface area contributed by atoms with Crippen molar-refractivity contribution >= 4 is 47.4 Å². The topological polar surface area (TPSA) is 262 Å². The minimum atomic E-state index is -1.72. The molecule has 17 heteroatoms. The van der Waals surface area contributed by atoms with Crippen molar-refractivity contribution in [3.05, 3.63) is 102 Å². The zero-order chi connectivity index (χ0) is 47.5. The number of aromatic nitrogens is 1. The molecular formula is C47H63N7O10. The maximum atomic E-state index is 14.3. The van der Waals surface area contributed by atoms with E-state index < -0.39 is 108 Å². The summed E-state index contributed by atoms with van der Waals surface area (Å²) in [5.41, 5.74) is 1.99. The first-order valence-corrected chi connectivity index (χ1v) is 21.6. The number of amides is 6. The van der Waals surface area contributed by atoms with Crippen LogP contribution in [0.2, 0.25) is 0 Å². The minimum Gasteiger partial charge on any atom is -0.481 e. The molecule has 0 saturated heterocycles. The number of aliphatic carboxylic acids is 2. The molecule has 8 atom stereocenters. The van der Waals surface area contributed by atoms with E-state index in [0.29, 0.717) is 29.5 Å². The van der Waals surface area contributed by atoms with Gasteiger partial charge in [-0.05, 0) is 46.9 Å². The van der Waals surface area contributed by atoms with Gasteiger partial charge in [0.05, 0.1) is 6.42 Å². The summed E-state index contributed by atoms with van der Waals surface area (Å²) in [4.78, 5) is 111. The Balaban J connectivity index is 1.89. The van der Waals surface area contributed by atoms with Crippen LogP contribution in [0.5, 0.6) is 0 Å². The van der Waals surface area contributed by atoms with Gasteiger partial charge in [-0.1, -0.05) is 121 Å². The van der Waals surface area contributed by atoms with Crippen LogP contribution in [0.4, 0.5) is 0 Å². The molecule has 3 aromatic rings. The van der Waals surface area contributed by atoms with Gasteiger partial charge in [-0.2, -0.15) is 0 Å². The third-order valence-corrected chi connectivity index (χ3v) is 11.0. The molecule has 0 spiro atoms. The number of hydrogen-bond donors (Lipinski definition) is 8. The third kappa shape index (κ3) is 15.9. The lowest BCUT2D eigenvalue weighted by Gasteiger charge is -2.31. The molecule has 0 unspecified atom stereocenters. The molecule has 0 aliphatic carbocycles. The summed E-state index contributed by atoms with van der Waals surface area (Å²) < 4.78 is 0. The van der Waals surface area contributed by atoms with Crippen LogP contribution in [0, 0.1) is 17.8 Å². The lowest BCUT2D eigenvalue weighted by atomic mass is 9.84. The fraction of sp³-hybridized carbons (Fsp3) is 0.468. The number of pyridine rings is 1. The molecule has 0 aliphatic heterocycles. The SMILES string of the molecule is CC[C@H](C)[C@H](NC(=O)[C@H](CC(=O)O)NC(=O)[C@H](CC(C)C)NC(=O)[C@H](NC(C)=O)C(c1ccccc1)c1ccccc1)C(=O)N[C@H](C(=O)N[C@@H](Cc1cccnc1)C(=O)O)[C@@H](C)CC. The number of carboxylic acid groups (broad SMARTS) is 2. The highest BCUT2D eigenvalue weighted by Gasteiger charge is 2.38. The summed E-state index contributed by atoms with van der Waals surface area (Å²) in [7, 11) is 0. The molecule has 1 heterocycles. The summed E-state index contributed by atoms with van der Waals surface area (Å²) in [6.45, 7) is 11.8. The van der Waals surface area contributed by atoms with E-state index in [-0.39, 0.29) is 18.8 Å². The summed E-state index contributed by atoms with van der Waals surface area (Å²) in [6.07, 6.45) is 2.87. The molecule has 0 aliphatic rings. The Morgan fingerprint density at radius 3 is 1.48 bits per heavy atom. The maximum Gasteiger partial charge on any atom is 0.326 e. The third-order valence-electron chi connectivity index (χ3n) is 11.0. The van der Waals surface area contributed by atoms with Crippen LogP contribution in [-0.2, 0) is 44.8 Å². The Kier molecular flexibility index (Phi) is 20.6. The number of carboxylic acids is 2. The first-order valence-electron chi connectivity index (χ1n) is 21.6. The molecule has 0 saturated carbocycles. The van der Waals surface area contributed by atoms with Crippen molar-refractivity contribution in [3.63, 3.8) is 0 Å². The summed E-state index contributed by atoms with van der Waals surface area (Å²) in [6, 6.07) is 13.3. The fourth-order valence-corrected chi connectivity index (χ4v) is 7.15. The molecule has 0 fully saturated rings. The molecule has 1 aromatic heterocycles. The highest BCUT2D eigenvalue weighted by Crippen LogP contribution is 2.29. The quantitative estimate of drug-likeness (QED) is 0.0613. The van der Waals surface area contributed by atoms with Crippen LogP contribution in [-0.4, -0.2) is 98.8 Å². The van der Waals surface area contributed by atoms with E-state index in [9.17, 15) is 48.6 Å². The largest absolute Gasteiger partial charge is 0.481 e. The number of hydrogen-bond acceptors (Lipinski definition) is 9. The van der Waals surface area contributed by atoms with Crippen molar-refractivity contribution in [1.82, 2.24) is 36.9 Å². The van der Waals surface area contributed by atoms with E-state index in [0.717, 1.165) is 0 Å². The second-order valence-electron chi connectivity index (χ2n) is 16.5. The highest BCUT2D eigenvalue weighted by molar-refractivity contribution is 5.98. The molecule has 0 radical (unpaired) electrons. The lowest BCUT2D eigenvalue weighted by Crippen LogP contribution is -2.61. The normalized spacial score (nSPS) is 14.9. The molecule has 3 rings (SSSR count). The summed E-state index contributed by atoms with van der Waals surface area (Å²) in [5, 5.41) is 35.6. The van der Waals surface area contributed by atoms with Gasteiger partial charge in [0.1, 0.15) is 36.3 Å². The molecule has 64 heavy (non-hydrogen) atoms. The maximum absolute atomic E-state index is 14.3. The Morgan fingerprint density at radius 2 is 1.03 bits per heavy atom. The van der Waals surface area contributed by atoms with Crippen molar-refractivity contribution in [3.8, 4) is 0 Å². The predicted octanol–water partition coefficient (Wildman–Crippen LogP) is 3.08. The van der Waals surface area contributed by atoms with Gasteiger partial charge in [-0.15, -0.1) is 0 Å². The molecular weight excluding hydrogens is 823 g/mol. The van der Waals surface area contributed by atoms with Gasteiger partial charge in [0, 0.05) is 31.7 Å². The number of carbonyl (C=O) groups is 8. The van der Waals surface area contributed by atoms with E-state index in [4.69, 9.17) is 0 Å². The molecule has 6 amide bonds. The van der Waals surface area contributed by atoms with Crippen LogP contribution in [0.3, 0.4) is 0 Å². The van der Waals surface area contributed by atoms with E-state index in [1.54, 1.807) is 77.9 Å². The van der Waals surface area contributed by atoms with Gasteiger partial charge in [0.15, 0.2) is 0 Å². The van der Waals surface area contributed by atoms with Crippen LogP contribution in [0.1, 0.15) is 96.8 Å². The number of nitrogens with one attached hydrogen (secondary N) is 6. The molecule has 17 nitrogen and oxygen atoms in total. The van der Waals surface area contributed by atoms with Gasteiger partial charge in [0.2, 0.25) is 35.4 Å². The molecule has 0 bridgehead atoms. The number of rotatable bonds is 25. The second kappa shape index (κ2) is 25.5. The van der Waals surface area contributed by atoms with Gasteiger partial charge >= 0.3 is 11.9 Å². The smallest absolute Gasteiger partial charge is 0.326 e. The van der Waals surface area contributed by atoms with Crippen molar-refractivity contribution in [2.45, 2.75) is 123 Å². The van der Waals surface area contributed by atoms with Crippen LogP contribution in [0.25, 0.3) is 0 Å². The number of benzene rings is 2. The van der Waals surface area contributed by atoms with Crippen molar-refractivity contribution in [2.24, 2.45) is 17.8 Å². The molecule has 8 N–H and O–H groups in total. The minimum absolute atomic E-state index is 0.0645. The molecule has 346 valence electrons. The summed E-state index contributed by atoms with van der Waals surface area (Å²) in [5.74, 6) is -9.30. The van der Waals surface area contributed by atoms with Crippen molar-refractivity contribution < 1.29 is 48.6 Å². The van der Waals surface area contributed by atoms with Gasteiger partial charge in [-0.25, -0.2) is 4.79 Å². The Bertz CT molecular complexity index is 2000. The average molecular weight is 886 g/mol. The standard InChI is InChI=1S/C47H63N7O10/c1-8-28(5)39(44(60)52-36(47(63)64)24-31-17-16-22-48-26-31)54-45(61)40(29(6)9-2)53-43(59)35(25-37(56)57)50-42(58)34(23-27(3)4)51-46(62)41(49-30(7)55)38(32-18-12-10-13-19-32)33-20-14-11-15-21-33/h10-22,26-29,34-36,38-41H,8-9,23-25H2,1-7H3,(H,49,55)(H,50,58)(H,51,62)(H,52,60)(H,53,59)(H,54,61)(H,56,57)(H,63,64)/t28-,29-,34-,35-,36-,39-,40-,41+/m0/s1. The predicted molar refractivity (Wildman–Crippen MR) is 238 cm³/mol. The van der Waals surface area contributed by atoms with Gasteiger partial charge in [0.25, 0.3) is 0 Å². The van der Waals surface area contributed by atoms with E-state index in [1.165, 1.54) is 19.3 Å². The zero-order valence-electron chi connectivity index (χ0n) is 37.5.